The molecule has 140 valence electrons. The van der Waals surface area contributed by atoms with Crippen molar-refractivity contribution < 1.29 is 14.1 Å². The molecule has 27 heavy (non-hydrogen) atoms. The van der Waals surface area contributed by atoms with Gasteiger partial charge in [-0.3, -0.25) is 4.79 Å². The minimum Gasteiger partial charge on any atom is -0.481 e. The number of ether oxygens (including phenoxy) is 1. The molecule has 0 spiro atoms. The van der Waals surface area contributed by atoms with Gasteiger partial charge in [-0.05, 0) is 68.3 Å². The zero-order valence-electron chi connectivity index (χ0n) is 15.3. The fourth-order valence-electron chi connectivity index (χ4n) is 2.39. The molecule has 1 aromatic heterocycles. The quantitative estimate of drug-likeness (QED) is 0.691. The fraction of sp³-hybridized carbons (Fsp3) is 0.250. The van der Waals surface area contributed by atoms with E-state index in [4.69, 9.17) is 20.9 Å². The van der Waals surface area contributed by atoms with Crippen LogP contribution in [-0.2, 0) is 11.3 Å². The molecule has 0 fully saturated rings. The van der Waals surface area contributed by atoms with Crippen LogP contribution in [0.15, 0.2) is 47.0 Å². The number of rotatable bonds is 6. The monoisotopic (exact) mass is 385 g/mol. The number of halogens is 1. The maximum Gasteiger partial charge on any atom is 0.261 e. The summed E-state index contributed by atoms with van der Waals surface area (Å²) in [5.41, 5.74) is 3.07. The summed E-state index contributed by atoms with van der Waals surface area (Å²) >= 11 is 5.87. The van der Waals surface area contributed by atoms with Gasteiger partial charge in [0.05, 0.1) is 6.54 Å². The molecule has 3 rings (SSSR count). The van der Waals surface area contributed by atoms with Crippen molar-refractivity contribution in [2.24, 2.45) is 0 Å². The molecule has 3 aromatic rings. The molecular weight excluding hydrogens is 366 g/mol. The molecule has 7 heteroatoms. The molecule has 0 aliphatic rings. The van der Waals surface area contributed by atoms with Crippen LogP contribution in [0.2, 0.25) is 5.02 Å². The van der Waals surface area contributed by atoms with E-state index in [0.29, 0.717) is 22.5 Å². The first-order valence-corrected chi connectivity index (χ1v) is 8.90. The Morgan fingerprint density at radius 1 is 1.19 bits per heavy atom. The van der Waals surface area contributed by atoms with Gasteiger partial charge in [-0.25, -0.2) is 0 Å². The first kappa shape index (κ1) is 18.9. The Morgan fingerprint density at radius 3 is 2.63 bits per heavy atom. The van der Waals surface area contributed by atoms with E-state index in [2.05, 4.69) is 15.5 Å². The number of nitrogens with zero attached hydrogens (tertiary/aromatic N) is 2. The van der Waals surface area contributed by atoms with Crippen molar-refractivity contribution in [2.45, 2.75) is 33.4 Å². The SMILES string of the molecule is Cc1ccc(O[C@@H](C)C(=O)NCc2nc(-c3ccc(Cl)cc3)no2)cc1C. The smallest absolute Gasteiger partial charge is 0.261 e. The molecule has 2 aromatic carbocycles. The summed E-state index contributed by atoms with van der Waals surface area (Å²) in [6.45, 7) is 5.84. The van der Waals surface area contributed by atoms with Gasteiger partial charge >= 0.3 is 0 Å². The van der Waals surface area contributed by atoms with Crippen LogP contribution in [0.1, 0.15) is 23.9 Å². The number of amides is 1. The predicted octanol–water partition coefficient (Wildman–Crippen LogP) is 4.09. The summed E-state index contributed by atoms with van der Waals surface area (Å²) in [4.78, 5) is 16.5. The lowest BCUT2D eigenvalue weighted by molar-refractivity contribution is -0.127. The first-order valence-electron chi connectivity index (χ1n) is 8.52. The zero-order valence-corrected chi connectivity index (χ0v) is 16.1. The highest BCUT2D eigenvalue weighted by Crippen LogP contribution is 2.19. The van der Waals surface area contributed by atoms with Crippen LogP contribution in [0.25, 0.3) is 11.4 Å². The average molecular weight is 386 g/mol. The molecule has 6 nitrogen and oxygen atoms in total. The standard InChI is InChI=1S/C20H20ClN3O3/c1-12-4-9-17(10-13(12)2)26-14(3)20(25)22-11-18-23-19(24-27-18)15-5-7-16(21)8-6-15/h4-10,14H,11H2,1-3H3,(H,22,25)/t14-/m0/s1. The van der Waals surface area contributed by atoms with Gasteiger partial charge < -0.3 is 14.6 Å². The number of aryl methyl sites for hydroxylation is 2. The Kier molecular flexibility index (Phi) is 5.76. The number of aromatic nitrogens is 2. The van der Waals surface area contributed by atoms with Crippen molar-refractivity contribution in [3.8, 4) is 17.1 Å². The van der Waals surface area contributed by atoms with Crippen molar-refractivity contribution >= 4 is 17.5 Å². The molecule has 0 bridgehead atoms. The Bertz CT molecular complexity index is 938. The Morgan fingerprint density at radius 2 is 1.93 bits per heavy atom. The molecule has 1 amide bonds. The van der Waals surface area contributed by atoms with E-state index < -0.39 is 6.10 Å². The number of nitrogens with one attached hydrogen (secondary N) is 1. The summed E-state index contributed by atoms with van der Waals surface area (Å²) in [6.07, 6.45) is -0.647. The second kappa shape index (κ2) is 8.22. The predicted molar refractivity (Wildman–Crippen MR) is 103 cm³/mol. The van der Waals surface area contributed by atoms with E-state index in [9.17, 15) is 4.79 Å². The van der Waals surface area contributed by atoms with E-state index in [1.165, 1.54) is 5.56 Å². The maximum atomic E-state index is 12.2. The topological polar surface area (TPSA) is 77.2 Å². The Balaban J connectivity index is 1.55. The average Bonchev–Trinajstić information content (AvgIpc) is 3.12. The van der Waals surface area contributed by atoms with E-state index >= 15 is 0 Å². The molecule has 1 N–H and O–H groups in total. The van der Waals surface area contributed by atoms with Crippen LogP contribution in [0, 0.1) is 13.8 Å². The van der Waals surface area contributed by atoms with E-state index in [1.54, 1.807) is 31.2 Å². The lowest BCUT2D eigenvalue weighted by Gasteiger charge is -2.15. The van der Waals surface area contributed by atoms with Crippen molar-refractivity contribution in [1.29, 1.82) is 0 Å². The number of hydrogen-bond donors (Lipinski definition) is 1. The largest absolute Gasteiger partial charge is 0.481 e. The number of carbonyl (C=O) groups excluding carboxylic acids is 1. The fourth-order valence-corrected chi connectivity index (χ4v) is 2.52. The zero-order chi connectivity index (χ0) is 19.4. The van der Waals surface area contributed by atoms with Crippen LogP contribution in [0.5, 0.6) is 5.75 Å². The highest BCUT2D eigenvalue weighted by molar-refractivity contribution is 6.30. The number of hydrogen-bond acceptors (Lipinski definition) is 5. The van der Waals surface area contributed by atoms with Gasteiger partial charge in [-0.15, -0.1) is 0 Å². The molecule has 0 aliphatic carbocycles. The third-order valence-corrected chi connectivity index (χ3v) is 4.40. The van der Waals surface area contributed by atoms with E-state index in [-0.39, 0.29) is 12.5 Å². The van der Waals surface area contributed by atoms with Crippen LogP contribution in [-0.4, -0.2) is 22.2 Å². The highest BCUT2D eigenvalue weighted by Gasteiger charge is 2.16. The van der Waals surface area contributed by atoms with Gasteiger partial charge in [0, 0.05) is 10.6 Å². The normalized spacial score (nSPS) is 11.9. The molecular formula is C20H20ClN3O3. The number of carbonyl (C=O) groups is 1. The summed E-state index contributed by atoms with van der Waals surface area (Å²) in [6, 6.07) is 12.8. The summed E-state index contributed by atoms with van der Waals surface area (Å²) in [7, 11) is 0. The molecule has 0 saturated carbocycles. The van der Waals surface area contributed by atoms with Gasteiger partial charge in [0.25, 0.3) is 5.91 Å². The second-order valence-electron chi connectivity index (χ2n) is 6.24. The van der Waals surface area contributed by atoms with Gasteiger partial charge in [0.1, 0.15) is 5.75 Å². The van der Waals surface area contributed by atoms with E-state index in [1.807, 2.05) is 32.0 Å². The van der Waals surface area contributed by atoms with Crippen molar-refractivity contribution in [2.75, 3.05) is 0 Å². The van der Waals surface area contributed by atoms with Crippen LogP contribution >= 0.6 is 11.6 Å². The van der Waals surface area contributed by atoms with Crippen molar-refractivity contribution in [3.05, 3.63) is 64.5 Å². The van der Waals surface area contributed by atoms with Crippen molar-refractivity contribution in [1.82, 2.24) is 15.5 Å². The van der Waals surface area contributed by atoms with Crippen LogP contribution in [0.4, 0.5) is 0 Å². The molecule has 0 saturated heterocycles. The molecule has 0 aliphatic heterocycles. The van der Waals surface area contributed by atoms with E-state index in [0.717, 1.165) is 11.1 Å². The minimum absolute atomic E-state index is 0.125. The molecule has 1 atom stereocenters. The van der Waals surface area contributed by atoms with Gasteiger partial charge in [-0.1, -0.05) is 22.8 Å². The Hall–Kier alpha value is -2.86. The first-order chi connectivity index (χ1) is 12.9. The summed E-state index contributed by atoms with van der Waals surface area (Å²) in [5.74, 6) is 1.14. The minimum atomic E-state index is -0.647. The van der Waals surface area contributed by atoms with Gasteiger partial charge in [0.15, 0.2) is 6.10 Å². The molecule has 1 heterocycles. The third kappa shape index (κ3) is 4.86. The summed E-state index contributed by atoms with van der Waals surface area (Å²) in [5, 5.41) is 7.28. The third-order valence-electron chi connectivity index (χ3n) is 4.14. The second-order valence-corrected chi connectivity index (χ2v) is 6.68. The Labute approximate surface area is 162 Å². The number of benzene rings is 2. The highest BCUT2D eigenvalue weighted by atomic mass is 35.5. The van der Waals surface area contributed by atoms with Crippen molar-refractivity contribution in [3.63, 3.8) is 0 Å². The molecule has 0 radical (unpaired) electrons. The van der Waals surface area contributed by atoms with Crippen LogP contribution < -0.4 is 10.1 Å². The molecule has 0 unspecified atom stereocenters. The van der Waals surface area contributed by atoms with Crippen LogP contribution in [0.3, 0.4) is 0 Å². The summed E-state index contributed by atoms with van der Waals surface area (Å²) < 4.78 is 10.9. The van der Waals surface area contributed by atoms with Gasteiger partial charge in [-0.2, -0.15) is 4.98 Å². The lowest BCUT2D eigenvalue weighted by atomic mass is 10.1. The lowest BCUT2D eigenvalue weighted by Crippen LogP contribution is -2.36. The van der Waals surface area contributed by atoms with Gasteiger partial charge in [0.2, 0.25) is 11.7 Å². The maximum absolute atomic E-state index is 12.2.